The van der Waals surface area contributed by atoms with Crippen molar-refractivity contribution in [1.82, 2.24) is 0 Å². The van der Waals surface area contributed by atoms with Gasteiger partial charge in [0.05, 0.1) is 13.2 Å². The Kier molecular flexibility index (Phi) is 11.7. The quantitative estimate of drug-likeness (QED) is 0.367. The molecule has 0 aromatic heterocycles. The van der Waals surface area contributed by atoms with Gasteiger partial charge in [0.15, 0.2) is 0 Å². The smallest absolute Gasteiger partial charge is 0.136 e. The molecule has 84 valence electrons. The van der Waals surface area contributed by atoms with Crippen LogP contribution >= 0.6 is 0 Å². The standard InChI is InChI=1S/C5H10O3.C5H10O/c1-4(2)5(3-6)8-7;1-5(2)3-4-6/h5-7H,1,3H2,2H3;3,6H,4H2,1-2H3. The fraction of sp³-hybridized carbons (Fsp3) is 0.600. The molecule has 4 heteroatoms. The zero-order valence-corrected chi connectivity index (χ0v) is 9.03. The summed E-state index contributed by atoms with van der Waals surface area (Å²) in [5.41, 5.74) is 1.77. The van der Waals surface area contributed by atoms with Crippen LogP contribution in [0.2, 0.25) is 0 Å². The predicted molar refractivity (Wildman–Crippen MR) is 55.9 cm³/mol. The Labute approximate surface area is 85.1 Å². The van der Waals surface area contributed by atoms with Crippen LogP contribution in [0.3, 0.4) is 0 Å². The van der Waals surface area contributed by atoms with Crippen molar-refractivity contribution < 1.29 is 20.4 Å². The van der Waals surface area contributed by atoms with E-state index in [0.29, 0.717) is 5.57 Å². The Morgan fingerprint density at radius 3 is 1.86 bits per heavy atom. The Morgan fingerprint density at radius 1 is 1.36 bits per heavy atom. The van der Waals surface area contributed by atoms with E-state index in [0.717, 1.165) is 5.57 Å². The summed E-state index contributed by atoms with van der Waals surface area (Å²) in [6.07, 6.45) is 1.13. The van der Waals surface area contributed by atoms with Crippen LogP contribution in [0.4, 0.5) is 0 Å². The lowest BCUT2D eigenvalue weighted by Gasteiger charge is -2.07. The van der Waals surface area contributed by atoms with Crippen molar-refractivity contribution in [3.8, 4) is 0 Å². The predicted octanol–water partition coefficient (Wildman–Crippen LogP) is 1.36. The lowest BCUT2D eigenvalue weighted by molar-refractivity contribution is -0.274. The molecule has 0 saturated carbocycles. The van der Waals surface area contributed by atoms with Gasteiger partial charge in [-0.15, -0.1) is 0 Å². The third-order valence-corrected chi connectivity index (χ3v) is 1.34. The van der Waals surface area contributed by atoms with Gasteiger partial charge in [-0.2, -0.15) is 0 Å². The van der Waals surface area contributed by atoms with Crippen molar-refractivity contribution >= 4 is 0 Å². The van der Waals surface area contributed by atoms with Crippen molar-refractivity contribution in [2.45, 2.75) is 26.9 Å². The second-order valence-corrected chi connectivity index (χ2v) is 3.09. The molecule has 0 amide bonds. The minimum atomic E-state index is -0.630. The second-order valence-electron chi connectivity index (χ2n) is 3.09. The first-order chi connectivity index (χ1) is 6.49. The van der Waals surface area contributed by atoms with E-state index in [1.54, 1.807) is 13.0 Å². The molecule has 0 saturated heterocycles. The van der Waals surface area contributed by atoms with Crippen LogP contribution in [-0.2, 0) is 4.89 Å². The summed E-state index contributed by atoms with van der Waals surface area (Å²) in [6.45, 7) is 8.96. The lowest BCUT2D eigenvalue weighted by Crippen LogP contribution is -2.16. The minimum Gasteiger partial charge on any atom is -0.393 e. The monoisotopic (exact) mass is 204 g/mol. The number of hydrogen-bond donors (Lipinski definition) is 3. The van der Waals surface area contributed by atoms with Gasteiger partial charge in [-0.3, -0.25) is 5.26 Å². The maximum atomic E-state index is 8.35. The highest BCUT2D eigenvalue weighted by molar-refractivity contribution is 4.96. The summed E-state index contributed by atoms with van der Waals surface area (Å²) in [7, 11) is 0. The minimum absolute atomic E-state index is 0.169. The molecular formula is C10H20O4. The number of hydrogen-bond acceptors (Lipinski definition) is 4. The highest BCUT2D eigenvalue weighted by atomic mass is 17.1. The summed E-state index contributed by atoms with van der Waals surface area (Å²) in [6, 6.07) is 0. The van der Waals surface area contributed by atoms with Gasteiger partial charge < -0.3 is 10.2 Å². The van der Waals surface area contributed by atoms with Gasteiger partial charge in [0.25, 0.3) is 0 Å². The zero-order valence-electron chi connectivity index (χ0n) is 9.03. The first-order valence-electron chi connectivity index (χ1n) is 4.30. The molecule has 0 aromatic rings. The molecule has 0 aliphatic heterocycles. The molecule has 0 bridgehead atoms. The van der Waals surface area contributed by atoms with Crippen LogP contribution in [0.25, 0.3) is 0 Å². The van der Waals surface area contributed by atoms with E-state index in [1.165, 1.54) is 0 Å². The first kappa shape index (κ1) is 15.8. The van der Waals surface area contributed by atoms with Crippen molar-refractivity contribution in [2.75, 3.05) is 13.2 Å². The first-order valence-corrected chi connectivity index (χ1v) is 4.30. The van der Waals surface area contributed by atoms with Gasteiger partial charge >= 0.3 is 0 Å². The average Bonchev–Trinajstić information content (AvgIpc) is 2.06. The third-order valence-electron chi connectivity index (χ3n) is 1.34. The van der Waals surface area contributed by atoms with E-state index >= 15 is 0 Å². The number of aliphatic hydroxyl groups excluding tert-OH is 2. The van der Waals surface area contributed by atoms with E-state index in [9.17, 15) is 0 Å². The van der Waals surface area contributed by atoms with Crippen molar-refractivity contribution in [2.24, 2.45) is 0 Å². The fourth-order valence-electron chi connectivity index (χ4n) is 0.462. The van der Waals surface area contributed by atoms with Gasteiger partial charge in [-0.05, 0) is 26.3 Å². The highest BCUT2D eigenvalue weighted by Gasteiger charge is 2.05. The van der Waals surface area contributed by atoms with Crippen LogP contribution in [0, 0.1) is 0 Å². The maximum absolute atomic E-state index is 8.35. The normalized spacial score (nSPS) is 11.0. The number of rotatable bonds is 4. The number of aliphatic hydroxyl groups is 2. The topological polar surface area (TPSA) is 69.9 Å². The van der Waals surface area contributed by atoms with Crippen LogP contribution in [-0.4, -0.2) is 34.8 Å². The zero-order chi connectivity index (χ0) is 11.6. The summed E-state index contributed by atoms with van der Waals surface area (Å²) in [5.74, 6) is 0. The van der Waals surface area contributed by atoms with Crippen molar-refractivity contribution in [3.63, 3.8) is 0 Å². The van der Waals surface area contributed by atoms with E-state index in [1.807, 2.05) is 13.8 Å². The van der Waals surface area contributed by atoms with E-state index in [2.05, 4.69) is 11.5 Å². The molecule has 0 rings (SSSR count). The molecule has 1 atom stereocenters. The molecule has 0 heterocycles. The molecule has 0 aliphatic rings. The Morgan fingerprint density at radius 2 is 1.86 bits per heavy atom. The molecule has 0 fully saturated rings. The van der Waals surface area contributed by atoms with Crippen molar-refractivity contribution in [1.29, 1.82) is 0 Å². The van der Waals surface area contributed by atoms with Gasteiger partial charge in [-0.1, -0.05) is 18.2 Å². The average molecular weight is 204 g/mol. The molecule has 3 N–H and O–H groups in total. The van der Waals surface area contributed by atoms with E-state index in [-0.39, 0.29) is 13.2 Å². The van der Waals surface area contributed by atoms with E-state index < -0.39 is 6.10 Å². The molecule has 1 unspecified atom stereocenters. The Hall–Kier alpha value is -0.680. The summed E-state index contributed by atoms with van der Waals surface area (Å²) >= 11 is 0. The van der Waals surface area contributed by atoms with Crippen LogP contribution in [0.15, 0.2) is 23.8 Å². The lowest BCUT2D eigenvalue weighted by atomic mass is 10.2. The maximum Gasteiger partial charge on any atom is 0.136 e. The summed E-state index contributed by atoms with van der Waals surface area (Å²) < 4.78 is 0. The highest BCUT2D eigenvalue weighted by Crippen LogP contribution is 1.99. The third kappa shape index (κ3) is 11.3. The Balaban J connectivity index is 0. The van der Waals surface area contributed by atoms with Gasteiger partial charge in [0, 0.05) is 0 Å². The Bertz CT molecular complexity index is 167. The summed E-state index contributed by atoms with van der Waals surface area (Å²) in [4.78, 5) is 3.81. The van der Waals surface area contributed by atoms with Gasteiger partial charge in [0.2, 0.25) is 0 Å². The molecule has 4 nitrogen and oxygen atoms in total. The SMILES string of the molecule is C=C(C)C(CO)OO.CC(C)=CCO. The van der Waals surface area contributed by atoms with Crippen molar-refractivity contribution in [3.05, 3.63) is 23.8 Å². The number of allylic oxidation sites excluding steroid dienone is 1. The van der Waals surface area contributed by atoms with Gasteiger partial charge in [-0.25, -0.2) is 4.89 Å². The largest absolute Gasteiger partial charge is 0.393 e. The molecule has 14 heavy (non-hydrogen) atoms. The van der Waals surface area contributed by atoms with Crippen LogP contribution in [0.1, 0.15) is 20.8 Å². The van der Waals surface area contributed by atoms with E-state index in [4.69, 9.17) is 15.5 Å². The molecular weight excluding hydrogens is 184 g/mol. The fourth-order valence-corrected chi connectivity index (χ4v) is 0.462. The van der Waals surface area contributed by atoms with Crippen LogP contribution in [0.5, 0.6) is 0 Å². The molecule has 0 radical (unpaired) electrons. The molecule has 0 aliphatic carbocycles. The molecule has 0 aromatic carbocycles. The molecule has 0 spiro atoms. The summed E-state index contributed by atoms with van der Waals surface area (Å²) in [5, 5.41) is 24.5. The van der Waals surface area contributed by atoms with Gasteiger partial charge in [0.1, 0.15) is 6.10 Å². The van der Waals surface area contributed by atoms with Crippen LogP contribution < -0.4 is 0 Å². The second kappa shape index (κ2) is 10.4.